The number of amides is 2. The van der Waals surface area contributed by atoms with Crippen molar-refractivity contribution in [1.29, 1.82) is 0 Å². The van der Waals surface area contributed by atoms with E-state index in [1.165, 1.54) is 4.90 Å². The maximum absolute atomic E-state index is 12.7. The first-order chi connectivity index (χ1) is 17.0. The lowest BCUT2D eigenvalue weighted by atomic mass is 10.1. The Balaban J connectivity index is 1.56. The number of halogens is 1. The van der Waals surface area contributed by atoms with E-state index in [4.69, 9.17) is 25.8 Å². The first-order valence-corrected chi connectivity index (χ1v) is 12.5. The number of nitrogens with zero attached hydrogens (tertiary/aromatic N) is 1. The van der Waals surface area contributed by atoms with Gasteiger partial charge in [0.15, 0.2) is 11.5 Å². The molecule has 0 saturated carbocycles. The Kier molecular flexibility index (Phi) is 8.33. The van der Waals surface area contributed by atoms with Crippen LogP contribution in [0.5, 0.6) is 11.5 Å². The molecule has 2 amide bonds. The maximum atomic E-state index is 12.7. The van der Waals surface area contributed by atoms with Crippen molar-refractivity contribution >= 4 is 51.4 Å². The van der Waals surface area contributed by atoms with Gasteiger partial charge in [-0.05, 0) is 65.2 Å². The van der Waals surface area contributed by atoms with Gasteiger partial charge >= 0.3 is 0 Å². The summed E-state index contributed by atoms with van der Waals surface area (Å²) in [5, 5.41) is 2.32. The van der Waals surface area contributed by atoms with Gasteiger partial charge in [-0.1, -0.05) is 54.1 Å². The topological polar surface area (TPSA) is 65.1 Å². The molecule has 1 aliphatic rings. The highest BCUT2D eigenvalue weighted by molar-refractivity contribution is 8.18. The third-order valence-electron chi connectivity index (χ3n) is 5.49. The minimum absolute atomic E-state index is 0.288. The Morgan fingerprint density at radius 2 is 1.86 bits per heavy atom. The summed E-state index contributed by atoms with van der Waals surface area (Å²) >= 11 is 7.52. The maximum Gasteiger partial charge on any atom is 0.293 e. The lowest BCUT2D eigenvalue weighted by Gasteiger charge is -2.15. The number of ether oxygens (including phenoxy) is 3. The van der Waals surface area contributed by atoms with Crippen LogP contribution in [0.15, 0.2) is 59.5 Å². The minimum Gasteiger partial charge on any atom is -0.490 e. The number of hydrogen-bond donors (Lipinski definition) is 0. The molecule has 1 aliphatic heterocycles. The van der Waals surface area contributed by atoms with E-state index in [0.717, 1.165) is 28.1 Å². The van der Waals surface area contributed by atoms with Gasteiger partial charge in [-0.25, -0.2) is 0 Å². The monoisotopic (exact) mass is 511 g/mol. The molecule has 0 N–H and O–H groups in total. The normalized spacial score (nSPS) is 14.8. The molecule has 0 atom stereocenters. The number of fused-ring (bicyclic) bond motifs is 1. The van der Waals surface area contributed by atoms with Crippen LogP contribution in [0.1, 0.15) is 24.5 Å². The van der Waals surface area contributed by atoms with Crippen molar-refractivity contribution in [2.45, 2.75) is 20.0 Å². The molecule has 182 valence electrons. The Labute approximate surface area is 213 Å². The van der Waals surface area contributed by atoms with E-state index in [9.17, 15) is 9.59 Å². The first kappa shape index (κ1) is 25.1. The van der Waals surface area contributed by atoms with Crippen molar-refractivity contribution in [3.63, 3.8) is 0 Å². The van der Waals surface area contributed by atoms with Crippen LogP contribution in [0.4, 0.5) is 4.79 Å². The highest BCUT2D eigenvalue weighted by atomic mass is 35.5. The average Bonchev–Trinajstić information content (AvgIpc) is 3.11. The van der Waals surface area contributed by atoms with Gasteiger partial charge in [-0.15, -0.1) is 0 Å². The number of benzene rings is 3. The highest BCUT2D eigenvalue weighted by Gasteiger charge is 2.34. The van der Waals surface area contributed by atoms with Crippen LogP contribution < -0.4 is 9.47 Å². The van der Waals surface area contributed by atoms with E-state index in [0.29, 0.717) is 59.8 Å². The van der Waals surface area contributed by atoms with Gasteiger partial charge in [0.25, 0.3) is 11.1 Å². The molecule has 1 heterocycles. The SMILES string of the molecule is CCOc1cc(/C=C2/SC(=O)N(CCCOC)C2=O)cc(Cl)c1OCc1cccc2ccccc12. The van der Waals surface area contributed by atoms with Gasteiger partial charge in [0.1, 0.15) is 6.61 Å². The van der Waals surface area contributed by atoms with E-state index < -0.39 is 0 Å². The highest BCUT2D eigenvalue weighted by Crippen LogP contribution is 2.40. The molecule has 4 rings (SSSR count). The molecule has 0 bridgehead atoms. The van der Waals surface area contributed by atoms with Crippen LogP contribution in [0.3, 0.4) is 0 Å². The quantitative estimate of drug-likeness (QED) is 0.227. The van der Waals surface area contributed by atoms with Gasteiger partial charge in [0.2, 0.25) is 0 Å². The number of carbonyl (C=O) groups is 2. The molecule has 1 saturated heterocycles. The summed E-state index contributed by atoms with van der Waals surface area (Å²) in [5.41, 5.74) is 1.69. The third-order valence-corrected chi connectivity index (χ3v) is 6.67. The fourth-order valence-corrected chi connectivity index (χ4v) is 4.99. The summed E-state index contributed by atoms with van der Waals surface area (Å²) in [4.78, 5) is 26.6. The number of rotatable bonds is 10. The lowest BCUT2D eigenvalue weighted by molar-refractivity contribution is -0.122. The molecule has 3 aromatic rings. The zero-order valence-electron chi connectivity index (χ0n) is 19.6. The molecule has 0 radical (unpaired) electrons. The van der Waals surface area contributed by atoms with Crippen molar-refractivity contribution < 1.29 is 23.8 Å². The van der Waals surface area contributed by atoms with Crippen LogP contribution in [-0.2, 0) is 16.1 Å². The molecule has 0 aliphatic carbocycles. The van der Waals surface area contributed by atoms with Crippen LogP contribution in [0.25, 0.3) is 16.8 Å². The summed E-state index contributed by atoms with van der Waals surface area (Å²) in [6, 6.07) is 17.7. The molecule has 8 heteroatoms. The molecular weight excluding hydrogens is 486 g/mol. The standard InChI is InChI=1S/C27H26ClNO5S/c1-3-33-23-15-18(16-24-26(30)29(27(31)35-24)12-7-13-32-2)14-22(28)25(23)34-17-20-10-6-9-19-8-4-5-11-21(19)20/h4-6,8-11,14-16H,3,7,12-13,17H2,1-2H3/b24-16+. The van der Waals surface area contributed by atoms with Crippen LogP contribution in [-0.4, -0.2) is 42.9 Å². The number of imide groups is 1. The van der Waals surface area contributed by atoms with Gasteiger partial charge < -0.3 is 14.2 Å². The van der Waals surface area contributed by atoms with Crippen molar-refractivity contribution in [3.05, 3.63) is 75.7 Å². The smallest absolute Gasteiger partial charge is 0.293 e. The zero-order valence-corrected chi connectivity index (χ0v) is 21.2. The summed E-state index contributed by atoms with van der Waals surface area (Å²) in [5.74, 6) is 0.596. The Hall–Kier alpha value is -3.00. The zero-order chi connectivity index (χ0) is 24.8. The summed E-state index contributed by atoms with van der Waals surface area (Å²) in [7, 11) is 1.59. The third kappa shape index (κ3) is 5.81. The molecule has 3 aromatic carbocycles. The fraction of sp³-hybridized carbons (Fsp3) is 0.259. The Morgan fingerprint density at radius 3 is 2.66 bits per heavy atom. The van der Waals surface area contributed by atoms with E-state index >= 15 is 0 Å². The van der Waals surface area contributed by atoms with Crippen LogP contribution >= 0.6 is 23.4 Å². The first-order valence-electron chi connectivity index (χ1n) is 11.3. The fourth-order valence-electron chi connectivity index (χ4n) is 3.85. The second kappa shape index (κ2) is 11.6. The minimum atomic E-state index is -0.318. The van der Waals surface area contributed by atoms with Crippen molar-refractivity contribution in [3.8, 4) is 11.5 Å². The van der Waals surface area contributed by atoms with Gasteiger partial charge in [-0.2, -0.15) is 0 Å². The van der Waals surface area contributed by atoms with E-state index in [2.05, 4.69) is 18.2 Å². The predicted octanol–water partition coefficient (Wildman–Crippen LogP) is 6.54. The van der Waals surface area contributed by atoms with E-state index in [1.807, 2.05) is 31.2 Å². The van der Waals surface area contributed by atoms with Crippen molar-refractivity contribution in [1.82, 2.24) is 4.90 Å². The number of carbonyl (C=O) groups excluding carboxylic acids is 2. The lowest BCUT2D eigenvalue weighted by Crippen LogP contribution is -2.29. The summed E-state index contributed by atoms with van der Waals surface area (Å²) in [6.45, 7) is 3.41. The van der Waals surface area contributed by atoms with E-state index in [1.54, 1.807) is 25.3 Å². The number of methoxy groups -OCH3 is 1. The molecule has 0 spiro atoms. The van der Waals surface area contributed by atoms with Crippen molar-refractivity contribution in [2.75, 3.05) is 26.9 Å². The van der Waals surface area contributed by atoms with Crippen LogP contribution in [0, 0.1) is 0 Å². The molecule has 1 fully saturated rings. The van der Waals surface area contributed by atoms with Gasteiger partial charge in [0, 0.05) is 20.3 Å². The molecule has 0 aromatic heterocycles. The second-order valence-corrected chi connectivity index (χ2v) is 9.27. The number of hydrogen-bond acceptors (Lipinski definition) is 6. The summed E-state index contributed by atoms with van der Waals surface area (Å²) < 4.78 is 17.0. The second-order valence-electron chi connectivity index (χ2n) is 7.87. The predicted molar refractivity (Wildman–Crippen MR) is 140 cm³/mol. The molecule has 6 nitrogen and oxygen atoms in total. The molecule has 35 heavy (non-hydrogen) atoms. The van der Waals surface area contributed by atoms with Crippen LogP contribution in [0.2, 0.25) is 5.02 Å². The molecule has 0 unspecified atom stereocenters. The molecular formula is C27H26ClNO5S. The summed E-state index contributed by atoms with van der Waals surface area (Å²) in [6.07, 6.45) is 2.25. The Bertz CT molecular complexity index is 1270. The largest absolute Gasteiger partial charge is 0.490 e. The van der Waals surface area contributed by atoms with Gasteiger partial charge in [-0.3, -0.25) is 14.5 Å². The van der Waals surface area contributed by atoms with Gasteiger partial charge in [0.05, 0.1) is 16.5 Å². The van der Waals surface area contributed by atoms with E-state index in [-0.39, 0.29) is 11.1 Å². The number of thioether (sulfide) groups is 1. The average molecular weight is 512 g/mol. The Morgan fingerprint density at radius 1 is 1.06 bits per heavy atom. The van der Waals surface area contributed by atoms with Crippen molar-refractivity contribution in [2.24, 2.45) is 0 Å².